The molecule has 2 saturated carbocycles. The monoisotopic (exact) mass is 408 g/mol. The van der Waals surface area contributed by atoms with Crippen LogP contribution in [0.3, 0.4) is 0 Å². The third-order valence-electron chi connectivity index (χ3n) is 6.63. The zero-order chi connectivity index (χ0) is 20.8. The molecular formula is C23H25FN4O2. The van der Waals surface area contributed by atoms with E-state index in [9.17, 15) is 9.50 Å². The standard InChI is InChI=1S/C23H25FN4O2/c1-13-12-25-23(30-13)16-5-6-17(20(29)11-16)18-7-8-21(27-26-18)28(2)19-10-14-3-4-15(9-14)22(19)24/h5-8,11-12,14-15,19,22,29H,3-4,9-10H2,1-2H3/t14-,15+,19+,22-/m1/s1. The van der Waals surface area contributed by atoms with E-state index < -0.39 is 6.17 Å². The first kappa shape index (κ1) is 19.0. The van der Waals surface area contributed by atoms with E-state index in [0.29, 0.717) is 40.2 Å². The molecule has 2 aliphatic rings. The van der Waals surface area contributed by atoms with Gasteiger partial charge in [0.15, 0.2) is 5.82 Å². The van der Waals surface area contributed by atoms with Gasteiger partial charge in [-0.3, -0.25) is 0 Å². The van der Waals surface area contributed by atoms with Crippen molar-refractivity contribution in [2.24, 2.45) is 11.8 Å². The predicted octanol–water partition coefficient (Wildman–Crippen LogP) is 4.78. The van der Waals surface area contributed by atoms with Gasteiger partial charge >= 0.3 is 0 Å². The summed E-state index contributed by atoms with van der Waals surface area (Å²) in [4.78, 5) is 6.11. The molecule has 0 aliphatic heterocycles. The van der Waals surface area contributed by atoms with Gasteiger partial charge < -0.3 is 14.4 Å². The van der Waals surface area contributed by atoms with Crippen LogP contribution in [0.2, 0.25) is 0 Å². The van der Waals surface area contributed by atoms with Crippen LogP contribution in [0.5, 0.6) is 5.75 Å². The van der Waals surface area contributed by atoms with Crippen LogP contribution >= 0.6 is 0 Å². The lowest BCUT2D eigenvalue weighted by molar-refractivity contribution is 0.144. The molecule has 2 bridgehead atoms. The van der Waals surface area contributed by atoms with Gasteiger partial charge in [0.2, 0.25) is 5.89 Å². The number of rotatable bonds is 4. The topological polar surface area (TPSA) is 75.3 Å². The molecule has 5 rings (SSSR count). The number of phenols is 1. The summed E-state index contributed by atoms with van der Waals surface area (Å²) in [6.07, 6.45) is 4.87. The lowest BCUT2D eigenvalue weighted by atomic mass is 9.83. The Morgan fingerprint density at radius 1 is 1.13 bits per heavy atom. The number of nitrogens with zero attached hydrogens (tertiary/aromatic N) is 4. The van der Waals surface area contributed by atoms with Gasteiger partial charge in [-0.15, -0.1) is 10.2 Å². The minimum Gasteiger partial charge on any atom is -0.507 e. The van der Waals surface area contributed by atoms with Crippen LogP contribution in [-0.4, -0.2) is 39.5 Å². The molecule has 3 aromatic rings. The molecule has 0 radical (unpaired) electrons. The van der Waals surface area contributed by atoms with Crippen LogP contribution in [0.15, 0.2) is 40.9 Å². The van der Waals surface area contributed by atoms with Gasteiger partial charge in [0.25, 0.3) is 0 Å². The Kier molecular flexibility index (Phi) is 4.68. The number of anilines is 1. The Hall–Kier alpha value is -2.96. The second-order valence-electron chi connectivity index (χ2n) is 8.58. The van der Waals surface area contributed by atoms with E-state index in [2.05, 4.69) is 15.2 Å². The molecule has 30 heavy (non-hydrogen) atoms. The van der Waals surface area contributed by atoms with Crippen molar-refractivity contribution in [2.75, 3.05) is 11.9 Å². The Morgan fingerprint density at radius 2 is 2.00 bits per heavy atom. The first-order valence-electron chi connectivity index (χ1n) is 10.5. The smallest absolute Gasteiger partial charge is 0.226 e. The highest BCUT2D eigenvalue weighted by Crippen LogP contribution is 2.45. The maximum atomic E-state index is 14.9. The average Bonchev–Trinajstić information content (AvgIpc) is 3.37. The van der Waals surface area contributed by atoms with E-state index >= 15 is 0 Å². The van der Waals surface area contributed by atoms with Crippen molar-refractivity contribution in [1.29, 1.82) is 0 Å². The number of halogens is 1. The fraction of sp³-hybridized carbons (Fsp3) is 0.435. The minimum absolute atomic E-state index is 0.0754. The molecule has 7 heteroatoms. The summed E-state index contributed by atoms with van der Waals surface area (Å²) in [6.45, 7) is 1.82. The van der Waals surface area contributed by atoms with Crippen LogP contribution in [0.4, 0.5) is 10.2 Å². The summed E-state index contributed by atoms with van der Waals surface area (Å²) < 4.78 is 20.4. The molecule has 0 unspecified atom stereocenters. The molecule has 2 aromatic heterocycles. The van der Waals surface area contributed by atoms with E-state index in [1.807, 2.05) is 37.1 Å². The molecule has 0 saturated heterocycles. The Labute approximate surface area is 174 Å². The second kappa shape index (κ2) is 7.38. The zero-order valence-corrected chi connectivity index (χ0v) is 17.1. The van der Waals surface area contributed by atoms with Crippen molar-refractivity contribution in [3.63, 3.8) is 0 Å². The van der Waals surface area contributed by atoms with E-state index in [-0.39, 0.29) is 17.7 Å². The van der Waals surface area contributed by atoms with Crippen molar-refractivity contribution in [1.82, 2.24) is 15.2 Å². The molecule has 156 valence electrons. The highest BCUT2D eigenvalue weighted by atomic mass is 19.1. The minimum atomic E-state index is -0.814. The quantitative estimate of drug-likeness (QED) is 0.670. The third-order valence-corrected chi connectivity index (χ3v) is 6.63. The number of phenolic OH excluding ortho intramolecular Hbond substituents is 1. The lowest BCUT2D eigenvalue weighted by Gasteiger charge is -2.38. The summed E-state index contributed by atoms with van der Waals surface area (Å²) in [5.74, 6) is 2.71. The fourth-order valence-electron chi connectivity index (χ4n) is 4.97. The fourth-order valence-corrected chi connectivity index (χ4v) is 4.97. The summed E-state index contributed by atoms with van der Waals surface area (Å²) in [5, 5.41) is 19.1. The number of fused-ring (bicyclic) bond motifs is 2. The highest BCUT2D eigenvalue weighted by molar-refractivity contribution is 5.71. The van der Waals surface area contributed by atoms with Gasteiger partial charge in [0, 0.05) is 18.2 Å². The number of aryl methyl sites for hydroxylation is 1. The third kappa shape index (κ3) is 3.32. The lowest BCUT2D eigenvalue weighted by Crippen LogP contribution is -2.46. The largest absolute Gasteiger partial charge is 0.507 e. The molecule has 2 fully saturated rings. The van der Waals surface area contributed by atoms with Gasteiger partial charge in [-0.2, -0.15) is 0 Å². The Morgan fingerprint density at radius 3 is 2.70 bits per heavy atom. The van der Waals surface area contributed by atoms with Gasteiger partial charge in [-0.25, -0.2) is 9.37 Å². The Bertz CT molecular complexity index is 1050. The number of benzene rings is 1. The second-order valence-corrected chi connectivity index (χ2v) is 8.58. The van der Waals surface area contributed by atoms with Gasteiger partial charge in [0.1, 0.15) is 17.7 Å². The summed E-state index contributed by atoms with van der Waals surface area (Å²) in [7, 11) is 1.90. The molecule has 0 amide bonds. The normalized spacial score (nSPS) is 25.4. The van der Waals surface area contributed by atoms with Crippen LogP contribution in [-0.2, 0) is 0 Å². The van der Waals surface area contributed by atoms with Crippen molar-refractivity contribution in [2.45, 2.75) is 44.8 Å². The first-order valence-corrected chi connectivity index (χ1v) is 10.5. The molecule has 4 atom stereocenters. The molecule has 0 spiro atoms. The number of aromatic hydroxyl groups is 1. The summed E-state index contributed by atoms with van der Waals surface area (Å²) in [5.41, 5.74) is 1.82. The molecule has 2 heterocycles. The van der Waals surface area contributed by atoms with Gasteiger partial charge in [-0.05, 0) is 74.8 Å². The highest BCUT2D eigenvalue weighted by Gasteiger charge is 2.44. The van der Waals surface area contributed by atoms with Crippen LogP contribution in [0.25, 0.3) is 22.7 Å². The number of hydrogen-bond donors (Lipinski definition) is 1. The first-order chi connectivity index (χ1) is 14.5. The van der Waals surface area contributed by atoms with Crippen molar-refractivity contribution in [3.8, 4) is 28.5 Å². The maximum Gasteiger partial charge on any atom is 0.226 e. The Balaban J connectivity index is 1.36. The van der Waals surface area contributed by atoms with E-state index in [1.54, 1.807) is 18.3 Å². The predicted molar refractivity (Wildman–Crippen MR) is 112 cm³/mol. The SMILES string of the molecule is Cc1cnc(-c2ccc(-c3ccc(N(C)[C@H]4C[C@@H]5CC[C@@H](C5)[C@H]4F)nn3)c(O)c2)o1. The molecular weight excluding hydrogens is 383 g/mol. The van der Waals surface area contributed by atoms with Gasteiger partial charge in [0.05, 0.1) is 17.9 Å². The maximum absolute atomic E-state index is 14.9. The van der Waals surface area contributed by atoms with Crippen molar-refractivity contribution in [3.05, 3.63) is 42.3 Å². The molecule has 1 N–H and O–H groups in total. The van der Waals surface area contributed by atoms with E-state index in [1.165, 1.54) is 0 Å². The summed E-state index contributed by atoms with van der Waals surface area (Å²) >= 11 is 0. The molecule has 2 aliphatic carbocycles. The number of alkyl halides is 1. The van der Waals surface area contributed by atoms with E-state index in [0.717, 1.165) is 25.7 Å². The zero-order valence-electron chi connectivity index (χ0n) is 17.1. The summed E-state index contributed by atoms with van der Waals surface area (Å²) in [6, 6.07) is 8.72. The van der Waals surface area contributed by atoms with E-state index in [4.69, 9.17) is 4.42 Å². The van der Waals surface area contributed by atoms with Crippen molar-refractivity contribution >= 4 is 5.82 Å². The molecule has 6 nitrogen and oxygen atoms in total. The molecule has 1 aromatic carbocycles. The van der Waals surface area contributed by atoms with Gasteiger partial charge in [-0.1, -0.05) is 0 Å². The number of oxazole rings is 1. The number of hydrogen-bond acceptors (Lipinski definition) is 6. The van der Waals surface area contributed by atoms with Crippen LogP contribution in [0.1, 0.15) is 31.4 Å². The average molecular weight is 408 g/mol. The van der Waals surface area contributed by atoms with Crippen LogP contribution < -0.4 is 4.90 Å². The number of aromatic nitrogens is 3. The van der Waals surface area contributed by atoms with Crippen LogP contribution in [0, 0.1) is 18.8 Å². The van der Waals surface area contributed by atoms with Crippen molar-refractivity contribution < 1.29 is 13.9 Å².